The van der Waals surface area contributed by atoms with E-state index in [2.05, 4.69) is 70.7 Å². The molecule has 2 aromatic carbocycles. The fourth-order valence-corrected chi connectivity index (χ4v) is 3.26. The molecule has 0 aliphatic carbocycles. The summed E-state index contributed by atoms with van der Waals surface area (Å²) in [5, 5.41) is 3.42. The second kappa shape index (κ2) is 6.93. The Morgan fingerprint density at radius 3 is 2.68 bits per heavy atom. The van der Waals surface area contributed by atoms with E-state index in [9.17, 15) is 0 Å². The molecule has 4 heteroatoms. The maximum atomic E-state index is 4.72. The molecule has 0 unspecified atom stereocenters. The van der Waals surface area contributed by atoms with Crippen molar-refractivity contribution in [1.29, 1.82) is 0 Å². The SMILES string of the molecule is Cc1ccccc1CNc1ccnc(N2CCc3ccccc3C2)n1. The highest BCUT2D eigenvalue weighted by atomic mass is 15.3. The van der Waals surface area contributed by atoms with Gasteiger partial charge in [-0.1, -0.05) is 48.5 Å². The predicted molar refractivity (Wildman–Crippen MR) is 102 cm³/mol. The van der Waals surface area contributed by atoms with Gasteiger partial charge in [-0.25, -0.2) is 4.98 Å². The number of hydrogen-bond acceptors (Lipinski definition) is 4. The van der Waals surface area contributed by atoms with Gasteiger partial charge in [0.05, 0.1) is 0 Å². The first-order chi connectivity index (χ1) is 12.3. The van der Waals surface area contributed by atoms with E-state index in [0.29, 0.717) is 0 Å². The molecule has 4 nitrogen and oxygen atoms in total. The summed E-state index contributed by atoms with van der Waals surface area (Å²) in [6, 6.07) is 19.0. The lowest BCUT2D eigenvalue weighted by Crippen LogP contribution is -2.31. The summed E-state index contributed by atoms with van der Waals surface area (Å²) in [4.78, 5) is 11.5. The van der Waals surface area contributed by atoms with Crippen molar-refractivity contribution in [1.82, 2.24) is 9.97 Å². The van der Waals surface area contributed by atoms with Gasteiger partial charge in [0.1, 0.15) is 5.82 Å². The lowest BCUT2D eigenvalue weighted by Gasteiger charge is -2.29. The number of nitrogens with zero attached hydrogens (tertiary/aromatic N) is 3. The van der Waals surface area contributed by atoms with Crippen molar-refractivity contribution in [2.24, 2.45) is 0 Å². The molecule has 0 amide bonds. The Hall–Kier alpha value is -2.88. The number of aromatic nitrogens is 2. The van der Waals surface area contributed by atoms with Crippen molar-refractivity contribution in [2.75, 3.05) is 16.8 Å². The highest BCUT2D eigenvalue weighted by molar-refractivity contribution is 5.45. The minimum absolute atomic E-state index is 0.770. The van der Waals surface area contributed by atoms with E-state index >= 15 is 0 Å². The maximum Gasteiger partial charge on any atom is 0.227 e. The summed E-state index contributed by atoms with van der Waals surface area (Å²) in [5.74, 6) is 1.66. The second-order valence-corrected chi connectivity index (χ2v) is 6.46. The van der Waals surface area contributed by atoms with Crippen LogP contribution in [0.25, 0.3) is 0 Å². The summed E-state index contributed by atoms with van der Waals surface area (Å²) in [7, 11) is 0. The van der Waals surface area contributed by atoms with Gasteiger partial charge in [-0.3, -0.25) is 0 Å². The van der Waals surface area contributed by atoms with E-state index in [1.165, 1.54) is 22.3 Å². The largest absolute Gasteiger partial charge is 0.366 e. The lowest BCUT2D eigenvalue weighted by molar-refractivity contribution is 0.708. The molecule has 3 aromatic rings. The molecule has 2 heterocycles. The first kappa shape index (κ1) is 15.6. The van der Waals surface area contributed by atoms with Crippen LogP contribution in [-0.4, -0.2) is 16.5 Å². The zero-order chi connectivity index (χ0) is 17.1. The second-order valence-electron chi connectivity index (χ2n) is 6.46. The molecule has 0 spiro atoms. The van der Waals surface area contributed by atoms with E-state index in [0.717, 1.165) is 37.8 Å². The molecule has 0 saturated heterocycles. The first-order valence-electron chi connectivity index (χ1n) is 8.73. The van der Waals surface area contributed by atoms with Crippen LogP contribution in [0.15, 0.2) is 60.8 Å². The molecule has 0 saturated carbocycles. The van der Waals surface area contributed by atoms with Crippen LogP contribution in [0.2, 0.25) is 0 Å². The minimum Gasteiger partial charge on any atom is -0.366 e. The van der Waals surface area contributed by atoms with Gasteiger partial charge in [-0.2, -0.15) is 4.98 Å². The van der Waals surface area contributed by atoms with Crippen LogP contribution in [0.5, 0.6) is 0 Å². The number of benzene rings is 2. The number of anilines is 2. The van der Waals surface area contributed by atoms with Crippen LogP contribution in [0.3, 0.4) is 0 Å². The van der Waals surface area contributed by atoms with Crippen LogP contribution >= 0.6 is 0 Å². The molecule has 0 atom stereocenters. The number of nitrogens with one attached hydrogen (secondary N) is 1. The van der Waals surface area contributed by atoms with Gasteiger partial charge >= 0.3 is 0 Å². The highest BCUT2D eigenvalue weighted by Crippen LogP contribution is 2.22. The summed E-state index contributed by atoms with van der Waals surface area (Å²) in [6.07, 6.45) is 2.88. The number of fused-ring (bicyclic) bond motifs is 1. The zero-order valence-electron chi connectivity index (χ0n) is 14.4. The van der Waals surface area contributed by atoms with Crippen molar-refractivity contribution < 1.29 is 0 Å². The van der Waals surface area contributed by atoms with Gasteiger partial charge in [0, 0.05) is 25.8 Å². The predicted octanol–water partition coefficient (Wildman–Crippen LogP) is 3.96. The molecule has 0 radical (unpaired) electrons. The Morgan fingerprint density at radius 1 is 1.00 bits per heavy atom. The third kappa shape index (κ3) is 3.48. The van der Waals surface area contributed by atoms with E-state index in [1.807, 2.05) is 12.3 Å². The van der Waals surface area contributed by atoms with E-state index < -0.39 is 0 Å². The van der Waals surface area contributed by atoms with E-state index in [-0.39, 0.29) is 0 Å². The summed E-state index contributed by atoms with van der Waals surface area (Å²) in [6.45, 7) is 4.73. The van der Waals surface area contributed by atoms with Gasteiger partial charge in [-0.05, 0) is 41.7 Å². The average molecular weight is 330 g/mol. The van der Waals surface area contributed by atoms with Crippen molar-refractivity contribution >= 4 is 11.8 Å². The Bertz CT molecular complexity index is 875. The molecule has 0 bridgehead atoms. The third-order valence-corrected chi connectivity index (χ3v) is 4.78. The number of aryl methyl sites for hydroxylation is 1. The fraction of sp³-hybridized carbons (Fsp3) is 0.238. The molecule has 25 heavy (non-hydrogen) atoms. The smallest absolute Gasteiger partial charge is 0.227 e. The molecule has 4 rings (SSSR count). The summed E-state index contributed by atoms with van der Waals surface area (Å²) >= 11 is 0. The van der Waals surface area contributed by atoms with Crippen molar-refractivity contribution in [3.8, 4) is 0 Å². The Morgan fingerprint density at radius 2 is 1.80 bits per heavy atom. The third-order valence-electron chi connectivity index (χ3n) is 4.78. The molecule has 1 N–H and O–H groups in total. The van der Waals surface area contributed by atoms with E-state index in [4.69, 9.17) is 4.98 Å². The van der Waals surface area contributed by atoms with Crippen LogP contribution in [0.1, 0.15) is 22.3 Å². The maximum absolute atomic E-state index is 4.72. The van der Waals surface area contributed by atoms with Gasteiger partial charge in [0.25, 0.3) is 0 Å². The highest BCUT2D eigenvalue weighted by Gasteiger charge is 2.18. The van der Waals surface area contributed by atoms with Crippen LogP contribution in [0.4, 0.5) is 11.8 Å². The van der Waals surface area contributed by atoms with Gasteiger partial charge < -0.3 is 10.2 Å². The van der Waals surface area contributed by atoms with Gasteiger partial charge in [-0.15, -0.1) is 0 Å². The normalized spacial score (nSPS) is 13.4. The molecule has 0 fully saturated rings. The zero-order valence-corrected chi connectivity index (χ0v) is 14.4. The first-order valence-corrected chi connectivity index (χ1v) is 8.73. The minimum atomic E-state index is 0.770. The van der Waals surface area contributed by atoms with Crippen molar-refractivity contribution in [3.63, 3.8) is 0 Å². The van der Waals surface area contributed by atoms with E-state index in [1.54, 1.807) is 0 Å². The monoisotopic (exact) mass is 330 g/mol. The standard InChI is InChI=1S/C21H22N4/c1-16-6-2-3-8-18(16)14-23-20-10-12-22-21(24-20)25-13-11-17-7-4-5-9-19(17)15-25/h2-10,12H,11,13-15H2,1H3,(H,22,23,24). The Kier molecular flexibility index (Phi) is 4.34. The molecular formula is C21H22N4. The Labute approximate surface area is 148 Å². The van der Waals surface area contributed by atoms with Crippen LogP contribution < -0.4 is 10.2 Å². The lowest BCUT2D eigenvalue weighted by atomic mass is 10.0. The quantitative estimate of drug-likeness (QED) is 0.786. The topological polar surface area (TPSA) is 41.1 Å². The summed E-state index contributed by atoms with van der Waals surface area (Å²) < 4.78 is 0. The fourth-order valence-electron chi connectivity index (χ4n) is 3.26. The van der Waals surface area contributed by atoms with Crippen LogP contribution in [-0.2, 0) is 19.5 Å². The van der Waals surface area contributed by atoms with Gasteiger partial charge in [0.15, 0.2) is 0 Å². The molecule has 1 aliphatic rings. The van der Waals surface area contributed by atoms with Crippen molar-refractivity contribution in [2.45, 2.75) is 26.4 Å². The number of rotatable bonds is 4. The Balaban J connectivity index is 1.48. The molecule has 126 valence electrons. The molecular weight excluding hydrogens is 308 g/mol. The van der Waals surface area contributed by atoms with Crippen molar-refractivity contribution in [3.05, 3.63) is 83.0 Å². The average Bonchev–Trinajstić information content (AvgIpc) is 2.67. The molecule has 1 aromatic heterocycles. The van der Waals surface area contributed by atoms with Gasteiger partial charge in [0.2, 0.25) is 5.95 Å². The summed E-state index contributed by atoms with van der Waals surface area (Å²) in [5.41, 5.74) is 5.38. The number of hydrogen-bond donors (Lipinski definition) is 1. The van der Waals surface area contributed by atoms with Crippen LogP contribution in [0, 0.1) is 6.92 Å². The molecule has 1 aliphatic heterocycles.